The topological polar surface area (TPSA) is 29.3 Å². The molecule has 0 bridgehead atoms. The lowest BCUT2D eigenvalue weighted by molar-refractivity contribution is -0.137. The molecule has 0 aliphatic heterocycles. The molecule has 14 heavy (non-hydrogen) atoms. The fraction of sp³-hybridized carbons (Fsp3) is 1.00. The molecule has 0 fully saturated rings. The van der Waals surface area contributed by atoms with Gasteiger partial charge in [-0.2, -0.15) is 13.2 Å². The molecule has 0 atom stereocenters. The van der Waals surface area contributed by atoms with Gasteiger partial charge in [0.25, 0.3) is 0 Å². The molecule has 0 saturated carbocycles. The Kier molecular flexibility index (Phi) is 6.92. The minimum absolute atomic E-state index is 0.0894. The summed E-state index contributed by atoms with van der Waals surface area (Å²) < 4.78 is 35.4. The fourth-order valence-corrected chi connectivity index (χ4v) is 1.13. The average Bonchev–Trinajstić information content (AvgIpc) is 2.08. The Labute approximate surface area is 83.3 Å². The van der Waals surface area contributed by atoms with Crippen LogP contribution in [-0.2, 0) is 0 Å². The van der Waals surface area contributed by atoms with Crippen molar-refractivity contribution >= 4 is 0 Å². The van der Waals surface area contributed by atoms with E-state index < -0.39 is 12.6 Å². The van der Waals surface area contributed by atoms with Gasteiger partial charge in [0, 0.05) is 6.54 Å². The molecule has 2 nitrogen and oxygen atoms in total. The van der Waals surface area contributed by atoms with Crippen LogP contribution >= 0.6 is 0 Å². The maximum absolute atomic E-state index is 11.8. The van der Waals surface area contributed by atoms with E-state index in [-0.39, 0.29) is 6.54 Å². The number of unbranched alkanes of at least 4 members (excludes halogenated alkanes) is 2. The fourth-order valence-electron chi connectivity index (χ4n) is 1.13. The third-order valence-corrected chi connectivity index (χ3v) is 2.02. The van der Waals surface area contributed by atoms with Crippen LogP contribution in [0.25, 0.3) is 0 Å². The van der Waals surface area contributed by atoms with Gasteiger partial charge in [-0.25, -0.2) is 0 Å². The Bertz CT molecular complexity index is 137. The Balaban J connectivity index is 3.32. The molecule has 0 spiro atoms. The molecule has 0 unspecified atom stereocenters. The van der Waals surface area contributed by atoms with Crippen molar-refractivity contribution in [2.24, 2.45) is 5.73 Å². The lowest BCUT2D eigenvalue weighted by atomic mass is 10.2. The van der Waals surface area contributed by atoms with E-state index in [1.165, 1.54) is 0 Å². The van der Waals surface area contributed by atoms with Gasteiger partial charge in [0.15, 0.2) is 0 Å². The summed E-state index contributed by atoms with van der Waals surface area (Å²) >= 11 is 0. The lowest BCUT2D eigenvalue weighted by Gasteiger charge is -2.17. The minimum atomic E-state index is -4.04. The highest BCUT2D eigenvalue weighted by Crippen LogP contribution is 2.19. The molecule has 0 aliphatic carbocycles. The zero-order chi connectivity index (χ0) is 11.0. The number of rotatable bonds is 7. The van der Waals surface area contributed by atoms with E-state index in [0.717, 1.165) is 25.8 Å². The second-order valence-electron chi connectivity index (χ2n) is 3.52. The minimum Gasteiger partial charge on any atom is -0.330 e. The number of nitrogens with two attached hydrogens (primary N) is 1. The number of nitrogens with zero attached hydrogens (tertiary/aromatic N) is 1. The van der Waals surface area contributed by atoms with Gasteiger partial charge in [0.05, 0.1) is 6.42 Å². The van der Waals surface area contributed by atoms with Crippen LogP contribution < -0.4 is 5.73 Å². The van der Waals surface area contributed by atoms with E-state index >= 15 is 0 Å². The Morgan fingerprint density at radius 2 is 1.71 bits per heavy atom. The van der Waals surface area contributed by atoms with Crippen molar-refractivity contribution < 1.29 is 13.2 Å². The van der Waals surface area contributed by atoms with Gasteiger partial charge in [-0.3, -0.25) is 0 Å². The quantitative estimate of drug-likeness (QED) is 0.654. The molecule has 0 aromatic carbocycles. The summed E-state index contributed by atoms with van der Waals surface area (Å²) in [6.45, 7) is 1.47. The Morgan fingerprint density at radius 3 is 2.21 bits per heavy atom. The van der Waals surface area contributed by atoms with Crippen molar-refractivity contribution in [2.75, 3.05) is 26.7 Å². The molecule has 0 rings (SSSR count). The zero-order valence-electron chi connectivity index (χ0n) is 8.61. The maximum atomic E-state index is 11.8. The van der Waals surface area contributed by atoms with Crippen LogP contribution in [0, 0.1) is 0 Å². The third-order valence-electron chi connectivity index (χ3n) is 2.02. The van der Waals surface area contributed by atoms with Crippen molar-refractivity contribution in [3.63, 3.8) is 0 Å². The van der Waals surface area contributed by atoms with Crippen LogP contribution in [0.4, 0.5) is 13.2 Å². The first kappa shape index (κ1) is 13.7. The predicted molar refractivity (Wildman–Crippen MR) is 51.1 cm³/mol. The summed E-state index contributed by atoms with van der Waals surface area (Å²) in [7, 11) is 1.72. The standard InChI is InChI=1S/C9H19F3N2/c1-14(7-4-2-3-6-13)8-5-9(10,11)12/h2-8,13H2,1H3. The largest absolute Gasteiger partial charge is 0.390 e. The van der Waals surface area contributed by atoms with Crippen molar-refractivity contribution in [3.8, 4) is 0 Å². The van der Waals surface area contributed by atoms with Crippen LogP contribution in [0.5, 0.6) is 0 Å². The van der Waals surface area contributed by atoms with Crippen LogP contribution in [0.15, 0.2) is 0 Å². The first-order valence-electron chi connectivity index (χ1n) is 4.91. The van der Waals surface area contributed by atoms with Crippen LogP contribution in [0.3, 0.4) is 0 Å². The normalized spacial score (nSPS) is 12.4. The van der Waals surface area contributed by atoms with Crippen molar-refractivity contribution in [1.82, 2.24) is 4.90 Å². The van der Waals surface area contributed by atoms with Gasteiger partial charge < -0.3 is 10.6 Å². The molecule has 0 radical (unpaired) electrons. The van der Waals surface area contributed by atoms with Gasteiger partial charge in [-0.15, -0.1) is 0 Å². The SMILES string of the molecule is CN(CCCCCN)CCC(F)(F)F. The summed E-state index contributed by atoms with van der Waals surface area (Å²) in [5, 5.41) is 0. The van der Waals surface area contributed by atoms with E-state index in [0.29, 0.717) is 6.54 Å². The summed E-state index contributed by atoms with van der Waals surface area (Å²) in [6.07, 6.45) is -1.89. The first-order valence-corrected chi connectivity index (χ1v) is 4.91. The summed E-state index contributed by atoms with van der Waals surface area (Å²) in [6, 6.07) is 0. The van der Waals surface area contributed by atoms with Crippen LogP contribution in [0.1, 0.15) is 25.7 Å². The third kappa shape index (κ3) is 9.80. The monoisotopic (exact) mass is 212 g/mol. The van der Waals surface area contributed by atoms with E-state index in [4.69, 9.17) is 5.73 Å². The highest BCUT2D eigenvalue weighted by atomic mass is 19.4. The number of alkyl halides is 3. The van der Waals surface area contributed by atoms with Crippen molar-refractivity contribution in [1.29, 1.82) is 0 Å². The predicted octanol–water partition coefficient (Wildman–Crippen LogP) is 2.00. The van der Waals surface area contributed by atoms with E-state index in [2.05, 4.69) is 0 Å². The second kappa shape index (κ2) is 7.06. The van der Waals surface area contributed by atoms with E-state index in [1.54, 1.807) is 11.9 Å². The molecule has 86 valence electrons. The first-order chi connectivity index (χ1) is 6.45. The zero-order valence-corrected chi connectivity index (χ0v) is 8.61. The highest BCUT2D eigenvalue weighted by molar-refractivity contribution is 4.57. The number of halogens is 3. The molecule has 2 N–H and O–H groups in total. The molecular formula is C9H19F3N2. The van der Waals surface area contributed by atoms with Gasteiger partial charge in [0.2, 0.25) is 0 Å². The van der Waals surface area contributed by atoms with Gasteiger partial charge >= 0.3 is 6.18 Å². The number of hydrogen-bond donors (Lipinski definition) is 1. The highest BCUT2D eigenvalue weighted by Gasteiger charge is 2.26. The average molecular weight is 212 g/mol. The van der Waals surface area contributed by atoms with E-state index in [9.17, 15) is 13.2 Å². The molecule has 0 aromatic heterocycles. The van der Waals surface area contributed by atoms with Crippen molar-refractivity contribution in [2.45, 2.75) is 31.9 Å². The second-order valence-corrected chi connectivity index (χ2v) is 3.52. The van der Waals surface area contributed by atoms with Gasteiger partial charge in [0.1, 0.15) is 0 Å². The molecule has 5 heteroatoms. The molecule has 0 aliphatic rings. The smallest absolute Gasteiger partial charge is 0.330 e. The maximum Gasteiger partial charge on any atom is 0.390 e. The Hall–Kier alpha value is -0.290. The molecular weight excluding hydrogens is 193 g/mol. The Morgan fingerprint density at radius 1 is 1.07 bits per heavy atom. The summed E-state index contributed by atoms with van der Waals surface area (Å²) in [5.74, 6) is 0. The van der Waals surface area contributed by atoms with Gasteiger partial charge in [-0.05, 0) is 33.0 Å². The van der Waals surface area contributed by atoms with Crippen LogP contribution in [-0.4, -0.2) is 37.8 Å². The molecule has 0 aromatic rings. The summed E-state index contributed by atoms with van der Waals surface area (Å²) in [5.41, 5.74) is 5.30. The van der Waals surface area contributed by atoms with Crippen molar-refractivity contribution in [3.05, 3.63) is 0 Å². The summed E-state index contributed by atoms with van der Waals surface area (Å²) in [4.78, 5) is 1.71. The van der Waals surface area contributed by atoms with Crippen LogP contribution in [0.2, 0.25) is 0 Å². The van der Waals surface area contributed by atoms with Gasteiger partial charge in [-0.1, -0.05) is 6.42 Å². The molecule has 0 amide bonds. The lowest BCUT2D eigenvalue weighted by Crippen LogP contribution is -2.25. The van der Waals surface area contributed by atoms with E-state index in [1.807, 2.05) is 0 Å². The number of hydrogen-bond acceptors (Lipinski definition) is 2. The molecule has 0 heterocycles. The molecule has 0 saturated heterocycles.